The second-order valence-electron chi connectivity index (χ2n) is 4.58. The van der Waals surface area contributed by atoms with Gasteiger partial charge in [-0.3, -0.25) is 0 Å². The largest absolute Gasteiger partial charge is 0.496 e. The Kier molecular flexibility index (Phi) is 4.25. The number of benzene rings is 2. The maximum Gasteiger partial charge on any atom is 0.128 e. The van der Waals surface area contributed by atoms with Crippen LogP contribution in [0.2, 0.25) is 0 Å². The van der Waals surface area contributed by atoms with E-state index in [1.54, 1.807) is 38.5 Å². The summed E-state index contributed by atoms with van der Waals surface area (Å²) in [6.07, 6.45) is 0. The minimum atomic E-state index is -0.651. The summed E-state index contributed by atoms with van der Waals surface area (Å²) >= 11 is 0. The Bertz CT molecular complexity index is 591. The van der Waals surface area contributed by atoms with Crippen LogP contribution in [-0.4, -0.2) is 14.2 Å². The topological polar surface area (TPSA) is 44.5 Å². The van der Waals surface area contributed by atoms with Crippen molar-refractivity contribution < 1.29 is 13.9 Å². The monoisotopic (exact) mass is 275 g/mol. The molecule has 0 saturated heterocycles. The van der Waals surface area contributed by atoms with Crippen LogP contribution in [-0.2, 0) is 0 Å². The maximum atomic E-state index is 14.1. The van der Waals surface area contributed by atoms with Crippen LogP contribution < -0.4 is 15.2 Å². The molecule has 2 N–H and O–H groups in total. The molecule has 1 unspecified atom stereocenters. The number of rotatable bonds is 4. The van der Waals surface area contributed by atoms with Crippen molar-refractivity contribution in [1.82, 2.24) is 0 Å². The molecule has 2 aromatic rings. The van der Waals surface area contributed by atoms with Gasteiger partial charge in [-0.15, -0.1) is 0 Å². The minimum Gasteiger partial charge on any atom is -0.496 e. The van der Waals surface area contributed by atoms with Crippen molar-refractivity contribution in [2.45, 2.75) is 13.0 Å². The Labute approximate surface area is 118 Å². The van der Waals surface area contributed by atoms with Gasteiger partial charge in [0.1, 0.15) is 17.3 Å². The van der Waals surface area contributed by atoms with E-state index >= 15 is 0 Å². The zero-order chi connectivity index (χ0) is 14.7. The first-order valence-electron chi connectivity index (χ1n) is 6.31. The summed E-state index contributed by atoms with van der Waals surface area (Å²) in [5.41, 5.74) is 8.13. The summed E-state index contributed by atoms with van der Waals surface area (Å²) in [6, 6.07) is 9.72. The summed E-state index contributed by atoms with van der Waals surface area (Å²) in [6.45, 7) is 1.84. The molecule has 3 nitrogen and oxygen atoms in total. The standard InChI is InChI=1S/C16H18FNO2/c1-10-7-8-11(12(17)9-10)16(18)15-13(19-2)5-4-6-14(15)20-3/h4-9,16H,18H2,1-3H3. The third-order valence-corrected chi connectivity index (χ3v) is 3.27. The van der Waals surface area contributed by atoms with Crippen molar-refractivity contribution in [3.05, 3.63) is 58.9 Å². The average Bonchev–Trinajstić information content (AvgIpc) is 2.45. The fourth-order valence-electron chi connectivity index (χ4n) is 2.23. The molecule has 0 spiro atoms. The van der Waals surface area contributed by atoms with Crippen LogP contribution in [0, 0.1) is 12.7 Å². The van der Waals surface area contributed by atoms with Crippen molar-refractivity contribution in [2.24, 2.45) is 5.73 Å². The van der Waals surface area contributed by atoms with Gasteiger partial charge in [-0.25, -0.2) is 4.39 Å². The molecular weight excluding hydrogens is 257 g/mol. The molecule has 0 aliphatic carbocycles. The molecule has 0 amide bonds. The predicted molar refractivity (Wildman–Crippen MR) is 76.7 cm³/mol. The highest BCUT2D eigenvalue weighted by Gasteiger charge is 2.21. The van der Waals surface area contributed by atoms with E-state index in [4.69, 9.17) is 15.2 Å². The lowest BCUT2D eigenvalue weighted by molar-refractivity contribution is 0.381. The fraction of sp³-hybridized carbons (Fsp3) is 0.250. The zero-order valence-corrected chi connectivity index (χ0v) is 11.8. The van der Waals surface area contributed by atoms with Crippen LogP contribution in [0.4, 0.5) is 4.39 Å². The van der Waals surface area contributed by atoms with Crippen molar-refractivity contribution in [3.63, 3.8) is 0 Å². The van der Waals surface area contributed by atoms with E-state index in [0.717, 1.165) is 5.56 Å². The second kappa shape index (κ2) is 5.92. The Morgan fingerprint density at radius 2 is 1.65 bits per heavy atom. The minimum absolute atomic E-state index is 0.328. The lowest BCUT2D eigenvalue weighted by atomic mass is 9.96. The van der Waals surface area contributed by atoms with Crippen molar-refractivity contribution in [1.29, 1.82) is 0 Å². The summed E-state index contributed by atoms with van der Waals surface area (Å²) < 4.78 is 24.7. The first kappa shape index (κ1) is 14.3. The first-order valence-corrected chi connectivity index (χ1v) is 6.31. The number of aryl methyl sites for hydroxylation is 1. The van der Waals surface area contributed by atoms with Gasteiger partial charge in [0.05, 0.1) is 25.8 Å². The van der Waals surface area contributed by atoms with Gasteiger partial charge in [0, 0.05) is 5.56 Å². The third-order valence-electron chi connectivity index (χ3n) is 3.27. The lowest BCUT2D eigenvalue weighted by Gasteiger charge is -2.19. The molecule has 0 aromatic heterocycles. The summed E-state index contributed by atoms with van der Waals surface area (Å²) in [5.74, 6) is 0.833. The van der Waals surface area contributed by atoms with E-state index in [2.05, 4.69) is 0 Å². The van der Waals surface area contributed by atoms with Gasteiger partial charge in [-0.1, -0.05) is 18.2 Å². The molecule has 2 aromatic carbocycles. The molecule has 0 radical (unpaired) electrons. The van der Waals surface area contributed by atoms with Crippen LogP contribution in [0.25, 0.3) is 0 Å². The van der Waals surface area contributed by atoms with Gasteiger partial charge in [0.15, 0.2) is 0 Å². The van der Waals surface area contributed by atoms with Gasteiger partial charge < -0.3 is 15.2 Å². The van der Waals surface area contributed by atoms with Gasteiger partial charge in [-0.2, -0.15) is 0 Å². The summed E-state index contributed by atoms with van der Waals surface area (Å²) in [7, 11) is 3.10. The summed E-state index contributed by atoms with van der Waals surface area (Å²) in [5, 5.41) is 0. The average molecular weight is 275 g/mol. The smallest absolute Gasteiger partial charge is 0.128 e. The number of ether oxygens (including phenoxy) is 2. The number of hydrogen-bond donors (Lipinski definition) is 1. The molecule has 0 aliphatic rings. The number of nitrogens with two attached hydrogens (primary N) is 1. The van der Waals surface area contributed by atoms with Crippen LogP contribution >= 0.6 is 0 Å². The third kappa shape index (κ3) is 2.60. The Morgan fingerprint density at radius 3 is 2.15 bits per heavy atom. The van der Waals surface area contributed by atoms with Gasteiger partial charge in [0.2, 0.25) is 0 Å². The normalized spacial score (nSPS) is 12.1. The maximum absolute atomic E-state index is 14.1. The number of methoxy groups -OCH3 is 2. The number of hydrogen-bond acceptors (Lipinski definition) is 3. The number of halogens is 1. The molecule has 106 valence electrons. The van der Waals surface area contributed by atoms with Crippen LogP contribution in [0.5, 0.6) is 11.5 Å². The van der Waals surface area contributed by atoms with E-state index in [1.165, 1.54) is 6.07 Å². The Morgan fingerprint density at radius 1 is 1.05 bits per heavy atom. The predicted octanol–water partition coefficient (Wildman–Crippen LogP) is 3.20. The second-order valence-corrected chi connectivity index (χ2v) is 4.58. The molecule has 0 saturated carbocycles. The van der Waals surface area contributed by atoms with Crippen LogP contribution in [0.1, 0.15) is 22.7 Å². The van der Waals surface area contributed by atoms with Crippen molar-refractivity contribution in [3.8, 4) is 11.5 Å². The SMILES string of the molecule is COc1cccc(OC)c1C(N)c1ccc(C)cc1F. The molecule has 0 aliphatic heterocycles. The van der Waals surface area contributed by atoms with Gasteiger partial charge in [-0.05, 0) is 30.7 Å². The van der Waals surface area contributed by atoms with Gasteiger partial charge in [0.25, 0.3) is 0 Å². The molecule has 20 heavy (non-hydrogen) atoms. The van der Waals surface area contributed by atoms with E-state index in [-0.39, 0.29) is 5.82 Å². The fourth-order valence-corrected chi connectivity index (χ4v) is 2.23. The molecule has 0 fully saturated rings. The van der Waals surface area contributed by atoms with Crippen molar-refractivity contribution >= 4 is 0 Å². The van der Waals surface area contributed by atoms with E-state index in [0.29, 0.717) is 22.6 Å². The molecule has 1 atom stereocenters. The van der Waals surface area contributed by atoms with Crippen LogP contribution in [0.3, 0.4) is 0 Å². The summed E-state index contributed by atoms with van der Waals surface area (Å²) in [4.78, 5) is 0. The van der Waals surface area contributed by atoms with E-state index in [1.807, 2.05) is 13.0 Å². The lowest BCUT2D eigenvalue weighted by Crippen LogP contribution is -2.16. The first-order chi connectivity index (χ1) is 9.58. The Hall–Kier alpha value is -2.07. The van der Waals surface area contributed by atoms with E-state index in [9.17, 15) is 4.39 Å². The highest BCUT2D eigenvalue weighted by atomic mass is 19.1. The molecule has 2 rings (SSSR count). The Balaban J connectivity index is 2.55. The molecule has 0 bridgehead atoms. The quantitative estimate of drug-likeness (QED) is 0.932. The van der Waals surface area contributed by atoms with E-state index < -0.39 is 6.04 Å². The van der Waals surface area contributed by atoms with Crippen molar-refractivity contribution in [2.75, 3.05) is 14.2 Å². The highest BCUT2D eigenvalue weighted by Crippen LogP contribution is 2.36. The van der Waals surface area contributed by atoms with Crippen LogP contribution in [0.15, 0.2) is 36.4 Å². The molecular formula is C16H18FNO2. The molecule has 4 heteroatoms. The molecule has 0 heterocycles. The zero-order valence-electron chi connectivity index (χ0n) is 11.8. The van der Waals surface area contributed by atoms with Gasteiger partial charge >= 0.3 is 0 Å². The highest BCUT2D eigenvalue weighted by molar-refractivity contribution is 5.50.